The molecule has 0 aliphatic rings. The van der Waals surface area contributed by atoms with Gasteiger partial charge in [-0.3, -0.25) is 4.99 Å². The number of thiazole rings is 1. The average molecular weight is 349 g/mol. The first-order valence-corrected chi connectivity index (χ1v) is 9.48. The van der Waals surface area contributed by atoms with Crippen LogP contribution in [0.25, 0.3) is 0 Å². The second kappa shape index (κ2) is 10.1. The Labute approximate surface area is 148 Å². The molecule has 0 unspecified atom stereocenters. The standard InChI is InChI=1S/C17H28N6S/c1-4-18-17(21-9-7-16-13-24-15(3)22-16)20-8-5-6-11-23-12-10-19-14(23)2/h10,12-13H,4-9,11H2,1-3H3,(H2,18,20,21). The molecule has 2 aromatic rings. The van der Waals surface area contributed by atoms with Crippen LogP contribution in [0.4, 0.5) is 0 Å². The molecule has 0 saturated carbocycles. The van der Waals surface area contributed by atoms with Crippen LogP contribution in [0.1, 0.15) is 36.3 Å². The third kappa shape index (κ3) is 6.31. The molecule has 2 rings (SSSR count). The van der Waals surface area contributed by atoms with Gasteiger partial charge in [-0.25, -0.2) is 9.97 Å². The molecule has 132 valence electrons. The van der Waals surface area contributed by atoms with Crippen molar-refractivity contribution in [3.8, 4) is 0 Å². The van der Waals surface area contributed by atoms with Crippen LogP contribution < -0.4 is 10.6 Å². The van der Waals surface area contributed by atoms with E-state index in [2.05, 4.69) is 42.5 Å². The SMILES string of the molecule is CCNC(=NCCCCn1ccnc1C)NCCc1csc(C)n1. The molecule has 0 saturated heterocycles. The molecule has 0 aromatic carbocycles. The summed E-state index contributed by atoms with van der Waals surface area (Å²) in [6, 6.07) is 0. The van der Waals surface area contributed by atoms with Gasteiger partial charge in [-0.05, 0) is 33.6 Å². The highest BCUT2D eigenvalue weighted by Gasteiger charge is 2.01. The van der Waals surface area contributed by atoms with Crippen LogP contribution in [0, 0.1) is 13.8 Å². The van der Waals surface area contributed by atoms with Crippen LogP contribution in [-0.2, 0) is 13.0 Å². The normalized spacial score (nSPS) is 11.7. The maximum atomic E-state index is 4.64. The van der Waals surface area contributed by atoms with E-state index < -0.39 is 0 Å². The number of imidazole rings is 1. The predicted octanol–water partition coefficient (Wildman–Crippen LogP) is 2.53. The van der Waals surface area contributed by atoms with Crippen molar-refractivity contribution in [3.63, 3.8) is 0 Å². The molecule has 0 fully saturated rings. The summed E-state index contributed by atoms with van der Waals surface area (Å²) in [4.78, 5) is 13.4. The Morgan fingerprint density at radius 1 is 1.29 bits per heavy atom. The van der Waals surface area contributed by atoms with E-state index in [9.17, 15) is 0 Å². The summed E-state index contributed by atoms with van der Waals surface area (Å²) in [6.07, 6.45) is 6.99. The summed E-state index contributed by atoms with van der Waals surface area (Å²) in [5, 5.41) is 9.92. The maximum absolute atomic E-state index is 4.64. The van der Waals surface area contributed by atoms with Crippen molar-refractivity contribution in [2.45, 2.75) is 46.6 Å². The minimum absolute atomic E-state index is 0.832. The van der Waals surface area contributed by atoms with Gasteiger partial charge in [0.15, 0.2) is 5.96 Å². The number of aliphatic imine (C=N–C) groups is 1. The molecule has 2 aromatic heterocycles. The average Bonchev–Trinajstić information content (AvgIpc) is 3.15. The number of rotatable bonds is 9. The summed E-state index contributed by atoms with van der Waals surface area (Å²) < 4.78 is 2.18. The van der Waals surface area contributed by atoms with Gasteiger partial charge in [0.2, 0.25) is 0 Å². The third-order valence-electron chi connectivity index (χ3n) is 3.69. The monoisotopic (exact) mass is 348 g/mol. The number of guanidine groups is 1. The summed E-state index contributed by atoms with van der Waals surface area (Å²) in [5.41, 5.74) is 1.15. The summed E-state index contributed by atoms with van der Waals surface area (Å²) >= 11 is 1.70. The van der Waals surface area contributed by atoms with E-state index in [1.807, 2.05) is 26.2 Å². The first-order valence-electron chi connectivity index (χ1n) is 8.60. The molecule has 2 heterocycles. The quantitative estimate of drug-likeness (QED) is 0.415. The molecule has 0 atom stereocenters. The predicted molar refractivity (Wildman–Crippen MR) is 101 cm³/mol. The molecular formula is C17H28N6S. The first-order chi connectivity index (χ1) is 11.7. The van der Waals surface area contributed by atoms with Gasteiger partial charge in [-0.1, -0.05) is 0 Å². The summed E-state index contributed by atoms with van der Waals surface area (Å²) in [7, 11) is 0. The van der Waals surface area contributed by atoms with Crippen molar-refractivity contribution < 1.29 is 0 Å². The molecule has 2 N–H and O–H groups in total. The highest BCUT2D eigenvalue weighted by Crippen LogP contribution is 2.07. The Balaban J connectivity index is 1.66. The number of hydrogen-bond acceptors (Lipinski definition) is 4. The van der Waals surface area contributed by atoms with Gasteiger partial charge in [0.05, 0.1) is 10.7 Å². The van der Waals surface area contributed by atoms with Crippen LogP contribution in [0.3, 0.4) is 0 Å². The van der Waals surface area contributed by atoms with Crippen LogP contribution in [0.2, 0.25) is 0 Å². The van der Waals surface area contributed by atoms with Crippen molar-refractivity contribution >= 4 is 17.3 Å². The number of nitrogens with zero attached hydrogens (tertiary/aromatic N) is 4. The lowest BCUT2D eigenvalue weighted by atomic mass is 10.3. The Kier molecular flexibility index (Phi) is 7.74. The van der Waals surface area contributed by atoms with Gasteiger partial charge in [0.1, 0.15) is 5.82 Å². The smallest absolute Gasteiger partial charge is 0.191 e. The van der Waals surface area contributed by atoms with Gasteiger partial charge >= 0.3 is 0 Å². The Hall–Kier alpha value is -1.89. The maximum Gasteiger partial charge on any atom is 0.191 e. The van der Waals surface area contributed by atoms with Gasteiger partial charge in [-0.2, -0.15) is 0 Å². The highest BCUT2D eigenvalue weighted by atomic mass is 32.1. The van der Waals surface area contributed by atoms with E-state index >= 15 is 0 Å². The Bertz CT molecular complexity index is 631. The van der Waals surface area contributed by atoms with Gasteiger partial charge in [0, 0.05) is 50.4 Å². The second-order valence-electron chi connectivity index (χ2n) is 5.67. The van der Waals surface area contributed by atoms with Gasteiger partial charge < -0.3 is 15.2 Å². The van der Waals surface area contributed by atoms with Crippen LogP contribution >= 0.6 is 11.3 Å². The van der Waals surface area contributed by atoms with E-state index in [4.69, 9.17) is 0 Å². The van der Waals surface area contributed by atoms with E-state index in [-0.39, 0.29) is 0 Å². The van der Waals surface area contributed by atoms with E-state index in [1.54, 1.807) is 11.3 Å². The number of nitrogens with one attached hydrogen (secondary N) is 2. The van der Waals surface area contributed by atoms with E-state index in [0.717, 1.165) is 67.9 Å². The number of aryl methyl sites for hydroxylation is 3. The summed E-state index contributed by atoms with van der Waals surface area (Å²) in [5.74, 6) is 1.97. The molecule has 0 aliphatic heterocycles. The summed E-state index contributed by atoms with van der Waals surface area (Å²) in [6.45, 7) is 9.73. The minimum atomic E-state index is 0.832. The number of unbranched alkanes of at least 4 members (excludes halogenated alkanes) is 1. The fraction of sp³-hybridized carbons (Fsp3) is 0.588. The molecule has 0 bridgehead atoms. The molecule has 7 heteroatoms. The third-order valence-corrected chi connectivity index (χ3v) is 4.51. The molecular weight excluding hydrogens is 320 g/mol. The van der Waals surface area contributed by atoms with Crippen molar-refractivity contribution in [1.82, 2.24) is 25.2 Å². The zero-order valence-corrected chi connectivity index (χ0v) is 15.7. The second-order valence-corrected chi connectivity index (χ2v) is 6.73. The zero-order valence-electron chi connectivity index (χ0n) is 14.9. The largest absolute Gasteiger partial charge is 0.357 e. The van der Waals surface area contributed by atoms with Crippen LogP contribution in [0.5, 0.6) is 0 Å². The first kappa shape index (κ1) is 18.4. The topological polar surface area (TPSA) is 67.1 Å². The van der Waals surface area contributed by atoms with Gasteiger partial charge in [-0.15, -0.1) is 11.3 Å². The van der Waals surface area contributed by atoms with Crippen LogP contribution in [-0.4, -0.2) is 40.1 Å². The highest BCUT2D eigenvalue weighted by molar-refractivity contribution is 7.09. The Morgan fingerprint density at radius 2 is 2.17 bits per heavy atom. The van der Waals surface area contributed by atoms with E-state index in [0.29, 0.717) is 0 Å². The number of hydrogen-bond donors (Lipinski definition) is 2. The fourth-order valence-electron chi connectivity index (χ4n) is 2.40. The lowest BCUT2D eigenvalue weighted by Gasteiger charge is -2.10. The molecule has 6 nitrogen and oxygen atoms in total. The minimum Gasteiger partial charge on any atom is -0.357 e. The van der Waals surface area contributed by atoms with Crippen LogP contribution in [0.15, 0.2) is 22.8 Å². The van der Waals surface area contributed by atoms with Crippen molar-refractivity contribution in [2.24, 2.45) is 4.99 Å². The molecule has 0 radical (unpaired) electrons. The lowest BCUT2D eigenvalue weighted by molar-refractivity contribution is 0.600. The molecule has 0 spiro atoms. The lowest BCUT2D eigenvalue weighted by Crippen LogP contribution is -2.38. The fourth-order valence-corrected chi connectivity index (χ4v) is 3.05. The number of aromatic nitrogens is 3. The van der Waals surface area contributed by atoms with Crippen molar-refractivity contribution in [1.29, 1.82) is 0 Å². The Morgan fingerprint density at radius 3 is 2.83 bits per heavy atom. The van der Waals surface area contributed by atoms with Crippen molar-refractivity contribution in [3.05, 3.63) is 34.3 Å². The molecule has 24 heavy (non-hydrogen) atoms. The molecule has 0 amide bonds. The zero-order chi connectivity index (χ0) is 17.2. The van der Waals surface area contributed by atoms with E-state index in [1.165, 1.54) is 0 Å². The van der Waals surface area contributed by atoms with Gasteiger partial charge in [0.25, 0.3) is 0 Å². The van der Waals surface area contributed by atoms with Crippen molar-refractivity contribution in [2.75, 3.05) is 19.6 Å². The molecule has 0 aliphatic carbocycles.